The highest BCUT2D eigenvalue weighted by atomic mass is 19.4. The van der Waals surface area contributed by atoms with Crippen molar-refractivity contribution in [3.63, 3.8) is 0 Å². The first-order valence-electron chi connectivity index (χ1n) is 11.4. The molecule has 8 nitrogen and oxygen atoms in total. The van der Waals surface area contributed by atoms with E-state index < -0.39 is 23.8 Å². The lowest BCUT2D eigenvalue weighted by molar-refractivity contribution is -0.192. The maximum Gasteiger partial charge on any atom is 0.490 e. The molecule has 200 valence electrons. The molecule has 0 aromatic heterocycles. The number of carboxylic acid groups (broad SMARTS) is 2. The van der Waals surface area contributed by atoms with E-state index in [1.807, 2.05) is 31.2 Å². The Hall–Kier alpha value is -4.54. The monoisotopic (exact) mass is 529 g/mol. The van der Waals surface area contributed by atoms with Gasteiger partial charge in [0, 0.05) is 11.3 Å². The summed E-state index contributed by atoms with van der Waals surface area (Å²) in [4.78, 5) is 24.9. The zero-order valence-electron chi connectivity index (χ0n) is 20.5. The summed E-state index contributed by atoms with van der Waals surface area (Å²) in [7, 11) is 1.66. The number of benzene rings is 3. The van der Waals surface area contributed by atoms with Gasteiger partial charge in [-0.15, -0.1) is 0 Å². The number of amidine groups is 1. The van der Waals surface area contributed by atoms with E-state index in [1.54, 1.807) is 19.2 Å². The molecule has 0 saturated heterocycles. The fourth-order valence-electron chi connectivity index (χ4n) is 3.86. The maximum atomic E-state index is 11.3. The Morgan fingerprint density at radius 1 is 1.03 bits per heavy atom. The molecule has 1 aliphatic rings. The molecule has 0 spiro atoms. The van der Waals surface area contributed by atoms with Gasteiger partial charge in [-0.25, -0.2) is 14.6 Å². The number of alkyl halides is 3. The molecular formula is C27H26F3N3O5. The van der Waals surface area contributed by atoms with Crippen LogP contribution in [0, 0.1) is 0 Å². The summed E-state index contributed by atoms with van der Waals surface area (Å²) in [5.41, 5.74) is 10.6. The van der Waals surface area contributed by atoms with Gasteiger partial charge in [0.25, 0.3) is 0 Å². The molecule has 3 aromatic rings. The summed E-state index contributed by atoms with van der Waals surface area (Å²) in [6.07, 6.45) is -3.60. The normalized spacial score (nSPS) is 16.2. The van der Waals surface area contributed by atoms with Gasteiger partial charge in [-0.2, -0.15) is 13.2 Å². The third kappa shape index (κ3) is 7.02. The fourth-order valence-corrected chi connectivity index (χ4v) is 3.86. The molecule has 11 heteroatoms. The van der Waals surface area contributed by atoms with Crippen molar-refractivity contribution in [2.24, 2.45) is 10.7 Å². The van der Waals surface area contributed by atoms with Gasteiger partial charge < -0.3 is 26.0 Å². The van der Waals surface area contributed by atoms with E-state index in [1.165, 1.54) is 11.6 Å². The Bertz CT molecular complexity index is 1370. The number of hydrogen-bond donors (Lipinski definition) is 4. The van der Waals surface area contributed by atoms with Gasteiger partial charge in [0.2, 0.25) is 0 Å². The van der Waals surface area contributed by atoms with E-state index in [4.69, 9.17) is 20.4 Å². The van der Waals surface area contributed by atoms with Crippen molar-refractivity contribution in [1.82, 2.24) is 0 Å². The first kappa shape index (κ1) is 28.0. The van der Waals surface area contributed by atoms with Crippen molar-refractivity contribution in [3.05, 3.63) is 83.4 Å². The van der Waals surface area contributed by atoms with Crippen LogP contribution in [0.2, 0.25) is 0 Å². The number of nitrogens with one attached hydrogen (secondary N) is 1. The largest absolute Gasteiger partial charge is 0.497 e. The van der Waals surface area contributed by atoms with Crippen LogP contribution in [0.5, 0.6) is 5.75 Å². The second-order valence-electron chi connectivity index (χ2n) is 8.70. The van der Waals surface area contributed by atoms with Gasteiger partial charge >= 0.3 is 18.1 Å². The van der Waals surface area contributed by atoms with E-state index in [0.29, 0.717) is 17.9 Å². The van der Waals surface area contributed by atoms with Gasteiger partial charge in [-0.1, -0.05) is 36.4 Å². The Balaban J connectivity index is 0.000000505. The zero-order chi connectivity index (χ0) is 28.1. The highest BCUT2D eigenvalue weighted by Crippen LogP contribution is 2.31. The molecule has 1 atom stereocenters. The quantitative estimate of drug-likeness (QED) is 0.346. The molecule has 38 heavy (non-hydrogen) atoms. The molecule has 0 aliphatic carbocycles. The number of nitrogens with two attached hydrogens (primary N) is 1. The van der Waals surface area contributed by atoms with Crippen molar-refractivity contribution >= 4 is 23.5 Å². The lowest BCUT2D eigenvalue weighted by Gasteiger charge is -2.33. The summed E-state index contributed by atoms with van der Waals surface area (Å²) in [5, 5.41) is 19.8. The molecule has 5 N–H and O–H groups in total. The molecule has 1 aliphatic heterocycles. The molecule has 0 radical (unpaired) electrons. The minimum absolute atomic E-state index is 0.217. The summed E-state index contributed by atoms with van der Waals surface area (Å²) >= 11 is 0. The Kier molecular flexibility index (Phi) is 8.29. The molecule has 4 rings (SSSR count). The highest BCUT2D eigenvalue weighted by molar-refractivity contribution is 6.05. The summed E-state index contributed by atoms with van der Waals surface area (Å²) in [6.45, 7) is 1.97. The number of aromatic carboxylic acids is 1. The van der Waals surface area contributed by atoms with E-state index in [0.717, 1.165) is 28.9 Å². The van der Waals surface area contributed by atoms with Crippen LogP contribution in [0.25, 0.3) is 11.1 Å². The lowest BCUT2D eigenvalue weighted by atomic mass is 9.95. The first-order valence-corrected chi connectivity index (χ1v) is 11.4. The van der Waals surface area contributed by atoms with Crippen molar-refractivity contribution in [2.75, 3.05) is 12.4 Å². The Morgan fingerprint density at radius 3 is 2.26 bits per heavy atom. The number of ether oxygens (including phenoxy) is 1. The number of carboxylic acids is 2. The van der Waals surface area contributed by atoms with E-state index in [2.05, 4.69) is 34.6 Å². The smallest absolute Gasteiger partial charge is 0.490 e. The van der Waals surface area contributed by atoms with Gasteiger partial charge in [-0.3, -0.25) is 0 Å². The molecule has 0 amide bonds. The number of aliphatic carboxylic acids is 1. The number of carbonyl (C=O) groups is 2. The van der Waals surface area contributed by atoms with Gasteiger partial charge in [-0.05, 0) is 66.8 Å². The predicted molar refractivity (Wildman–Crippen MR) is 137 cm³/mol. The van der Waals surface area contributed by atoms with E-state index in [-0.39, 0.29) is 5.56 Å². The Morgan fingerprint density at radius 2 is 1.66 bits per heavy atom. The number of methoxy groups -OCH3 is 1. The van der Waals surface area contributed by atoms with E-state index >= 15 is 0 Å². The minimum atomic E-state index is -5.08. The summed E-state index contributed by atoms with van der Waals surface area (Å²) < 4.78 is 37.1. The molecule has 1 heterocycles. The van der Waals surface area contributed by atoms with Crippen LogP contribution in [0.1, 0.15) is 34.8 Å². The number of halogens is 3. The average molecular weight is 530 g/mol. The van der Waals surface area contributed by atoms with Crippen LogP contribution in [-0.2, 0) is 11.2 Å². The van der Waals surface area contributed by atoms with Crippen LogP contribution in [0.3, 0.4) is 0 Å². The maximum absolute atomic E-state index is 11.3. The van der Waals surface area contributed by atoms with Crippen LogP contribution >= 0.6 is 0 Å². The summed E-state index contributed by atoms with van der Waals surface area (Å²) in [6, 6.07) is 21.2. The van der Waals surface area contributed by atoms with Crippen LogP contribution in [-0.4, -0.2) is 46.9 Å². The predicted octanol–water partition coefficient (Wildman–Crippen LogP) is 5.17. The number of nitrogens with zero attached hydrogens (tertiary/aromatic N) is 1. The molecule has 0 saturated carbocycles. The van der Waals surface area contributed by atoms with Crippen molar-refractivity contribution in [2.45, 2.75) is 31.6 Å². The van der Waals surface area contributed by atoms with Crippen LogP contribution < -0.4 is 15.8 Å². The molecule has 3 aromatic carbocycles. The second kappa shape index (κ2) is 11.2. The first-order chi connectivity index (χ1) is 17.8. The van der Waals surface area contributed by atoms with Crippen molar-refractivity contribution in [1.29, 1.82) is 0 Å². The van der Waals surface area contributed by atoms with Crippen molar-refractivity contribution < 1.29 is 37.7 Å². The second-order valence-corrected chi connectivity index (χ2v) is 8.70. The molecule has 0 fully saturated rings. The number of aryl methyl sites for hydroxylation is 1. The SMILES string of the molecule is COc1cccc(-c2cccc(CCC3(C)N=C(N)c4ccc(C(=O)O)cc4N3)c2)c1.O=C(O)C(F)(F)F. The van der Waals surface area contributed by atoms with Gasteiger partial charge in [0.15, 0.2) is 0 Å². The Labute approximate surface area is 216 Å². The van der Waals surface area contributed by atoms with Gasteiger partial charge in [0.1, 0.15) is 17.2 Å². The average Bonchev–Trinajstić information content (AvgIpc) is 2.87. The fraction of sp³-hybridized carbons (Fsp3) is 0.222. The number of anilines is 1. The standard InChI is InChI=1S/C25H25N3O3.C2HF3O2/c1-25(27-22-15-19(24(29)30)9-10-21(22)23(26)28-25)12-11-16-5-3-6-17(13-16)18-7-4-8-20(14-18)31-2;3-2(4,5)1(6)7/h3-10,13-15,27H,11-12H2,1-2H3,(H2,26,28)(H,29,30);(H,6,7). The number of aliphatic imine (C=N–C) groups is 1. The number of hydrogen-bond acceptors (Lipinski definition) is 6. The van der Waals surface area contributed by atoms with Crippen molar-refractivity contribution in [3.8, 4) is 16.9 Å². The number of rotatable bonds is 6. The lowest BCUT2D eigenvalue weighted by Crippen LogP contribution is -2.40. The van der Waals surface area contributed by atoms with Gasteiger partial charge in [0.05, 0.1) is 12.7 Å². The molecular weight excluding hydrogens is 503 g/mol. The van der Waals surface area contributed by atoms with E-state index in [9.17, 15) is 23.1 Å². The molecule has 0 bridgehead atoms. The van der Waals surface area contributed by atoms with Crippen LogP contribution in [0.4, 0.5) is 18.9 Å². The number of fused-ring (bicyclic) bond motifs is 1. The summed E-state index contributed by atoms with van der Waals surface area (Å²) in [5.74, 6) is -2.49. The third-order valence-corrected chi connectivity index (χ3v) is 5.79. The highest BCUT2D eigenvalue weighted by Gasteiger charge is 2.38. The zero-order valence-corrected chi connectivity index (χ0v) is 20.5. The topological polar surface area (TPSA) is 134 Å². The van der Waals surface area contributed by atoms with Crippen LogP contribution in [0.15, 0.2) is 71.7 Å². The third-order valence-electron chi connectivity index (χ3n) is 5.79. The minimum Gasteiger partial charge on any atom is -0.497 e. The molecule has 1 unspecified atom stereocenters.